The number of carbonyl (C=O) groups excluding carboxylic acids is 1. The summed E-state index contributed by atoms with van der Waals surface area (Å²) in [5.41, 5.74) is 1.67. The van der Waals surface area contributed by atoms with Crippen molar-refractivity contribution in [3.63, 3.8) is 0 Å². The topological polar surface area (TPSA) is 38.3 Å². The van der Waals surface area contributed by atoms with Gasteiger partial charge in [-0.2, -0.15) is 0 Å². The molecule has 0 spiro atoms. The SMILES string of the molecule is COc1ccc(Br)c(C(=O)Nc2c(Cl)ccc(C)c2Cl)c1. The summed E-state index contributed by atoms with van der Waals surface area (Å²) in [5, 5.41) is 3.55. The smallest absolute Gasteiger partial charge is 0.257 e. The lowest BCUT2D eigenvalue weighted by Crippen LogP contribution is -2.13. The highest BCUT2D eigenvalue weighted by molar-refractivity contribution is 9.10. The van der Waals surface area contributed by atoms with E-state index in [1.807, 2.05) is 6.92 Å². The predicted molar refractivity (Wildman–Crippen MR) is 89.8 cm³/mol. The molecule has 0 bridgehead atoms. The Balaban J connectivity index is 2.37. The fraction of sp³-hybridized carbons (Fsp3) is 0.133. The highest BCUT2D eigenvalue weighted by atomic mass is 79.9. The van der Waals surface area contributed by atoms with Crippen LogP contribution in [0.5, 0.6) is 5.75 Å². The van der Waals surface area contributed by atoms with Crippen LogP contribution in [0.4, 0.5) is 5.69 Å². The molecule has 0 unspecified atom stereocenters. The van der Waals surface area contributed by atoms with E-state index in [0.717, 1.165) is 5.56 Å². The van der Waals surface area contributed by atoms with Crippen LogP contribution in [0.2, 0.25) is 10.0 Å². The molecule has 6 heteroatoms. The fourth-order valence-electron chi connectivity index (χ4n) is 1.76. The number of ether oxygens (including phenoxy) is 1. The van der Waals surface area contributed by atoms with Crippen LogP contribution in [0.3, 0.4) is 0 Å². The molecule has 0 atom stereocenters. The summed E-state index contributed by atoms with van der Waals surface area (Å²) in [5.74, 6) is 0.264. The summed E-state index contributed by atoms with van der Waals surface area (Å²) in [7, 11) is 1.54. The van der Waals surface area contributed by atoms with Gasteiger partial charge in [0.2, 0.25) is 0 Å². The molecular formula is C15H12BrCl2NO2. The van der Waals surface area contributed by atoms with Gasteiger partial charge in [-0.05, 0) is 52.7 Å². The van der Waals surface area contributed by atoms with Gasteiger partial charge in [-0.25, -0.2) is 0 Å². The summed E-state index contributed by atoms with van der Waals surface area (Å²) < 4.78 is 5.78. The molecular weight excluding hydrogens is 377 g/mol. The number of halogens is 3. The highest BCUT2D eigenvalue weighted by Gasteiger charge is 2.16. The van der Waals surface area contributed by atoms with Crippen molar-refractivity contribution in [1.82, 2.24) is 0 Å². The van der Waals surface area contributed by atoms with Gasteiger partial charge in [0.15, 0.2) is 0 Å². The first-order valence-corrected chi connectivity index (χ1v) is 7.58. The molecule has 2 aromatic rings. The van der Waals surface area contributed by atoms with Crippen LogP contribution in [0.15, 0.2) is 34.8 Å². The van der Waals surface area contributed by atoms with Crippen molar-refractivity contribution in [3.8, 4) is 5.75 Å². The maximum Gasteiger partial charge on any atom is 0.257 e. The fourth-order valence-corrected chi connectivity index (χ4v) is 2.65. The van der Waals surface area contributed by atoms with E-state index in [0.29, 0.717) is 31.5 Å². The van der Waals surface area contributed by atoms with E-state index in [9.17, 15) is 4.79 Å². The summed E-state index contributed by atoms with van der Waals surface area (Å²) in [6.07, 6.45) is 0. The van der Waals surface area contributed by atoms with Gasteiger partial charge in [-0.3, -0.25) is 4.79 Å². The van der Waals surface area contributed by atoms with Crippen LogP contribution in [-0.2, 0) is 0 Å². The van der Waals surface area contributed by atoms with Crippen molar-refractivity contribution in [3.05, 3.63) is 56.0 Å². The lowest BCUT2D eigenvalue weighted by atomic mass is 10.1. The summed E-state index contributed by atoms with van der Waals surface area (Å²) in [6, 6.07) is 8.62. The van der Waals surface area contributed by atoms with E-state index in [4.69, 9.17) is 27.9 Å². The Kier molecular flexibility index (Phi) is 5.14. The van der Waals surface area contributed by atoms with E-state index in [1.165, 1.54) is 0 Å². The van der Waals surface area contributed by atoms with Gasteiger partial charge in [-0.1, -0.05) is 29.3 Å². The molecule has 0 saturated carbocycles. The average Bonchev–Trinajstić information content (AvgIpc) is 2.48. The third-order valence-electron chi connectivity index (χ3n) is 2.94. The summed E-state index contributed by atoms with van der Waals surface area (Å²) in [4.78, 5) is 12.4. The van der Waals surface area contributed by atoms with Gasteiger partial charge >= 0.3 is 0 Å². The summed E-state index contributed by atoms with van der Waals surface area (Å²) >= 11 is 15.6. The second-order valence-corrected chi connectivity index (χ2v) is 5.99. The molecule has 1 amide bonds. The molecule has 0 aliphatic heterocycles. The zero-order valence-corrected chi connectivity index (χ0v) is 14.4. The van der Waals surface area contributed by atoms with Crippen molar-refractivity contribution in [2.75, 3.05) is 12.4 Å². The molecule has 1 N–H and O–H groups in total. The number of rotatable bonds is 3. The molecule has 2 aromatic carbocycles. The lowest BCUT2D eigenvalue weighted by Gasteiger charge is -2.12. The number of amides is 1. The number of anilines is 1. The molecule has 0 aromatic heterocycles. The summed E-state index contributed by atoms with van der Waals surface area (Å²) in [6.45, 7) is 1.84. The van der Waals surface area contributed by atoms with Gasteiger partial charge < -0.3 is 10.1 Å². The molecule has 0 aliphatic rings. The zero-order valence-electron chi connectivity index (χ0n) is 11.3. The number of hydrogen-bond acceptors (Lipinski definition) is 2. The lowest BCUT2D eigenvalue weighted by molar-refractivity contribution is 0.102. The van der Waals surface area contributed by atoms with Gasteiger partial charge in [0.25, 0.3) is 5.91 Å². The van der Waals surface area contributed by atoms with Gasteiger partial charge in [0.05, 0.1) is 28.4 Å². The minimum Gasteiger partial charge on any atom is -0.497 e. The van der Waals surface area contributed by atoms with E-state index < -0.39 is 0 Å². The first kappa shape index (κ1) is 16.1. The Morgan fingerprint density at radius 2 is 1.95 bits per heavy atom. The third kappa shape index (κ3) is 3.51. The Bertz CT molecular complexity index is 704. The minimum absolute atomic E-state index is 0.324. The van der Waals surface area contributed by atoms with Crippen molar-refractivity contribution in [2.45, 2.75) is 6.92 Å². The van der Waals surface area contributed by atoms with Crippen LogP contribution in [0, 0.1) is 6.92 Å². The highest BCUT2D eigenvalue weighted by Crippen LogP contribution is 2.34. The molecule has 110 valence electrons. The van der Waals surface area contributed by atoms with Crippen molar-refractivity contribution in [1.29, 1.82) is 0 Å². The quantitative estimate of drug-likeness (QED) is 0.771. The van der Waals surface area contributed by atoms with Crippen LogP contribution in [0.1, 0.15) is 15.9 Å². The minimum atomic E-state index is -0.324. The second-order valence-electron chi connectivity index (χ2n) is 4.35. The molecule has 21 heavy (non-hydrogen) atoms. The average molecular weight is 389 g/mol. The Labute approximate surface area is 141 Å². The number of hydrogen-bond donors (Lipinski definition) is 1. The number of methoxy groups -OCH3 is 1. The molecule has 0 radical (unpaired) electrons. The van der Waals surface area contributed by atoms with Gasteiger partial charge in [0.1, 0.15) is 5.75 Å². The zero-order chi connectivity index (χ0) is 15.6. The Hall–Kier alpha value is -1.23. The molecule has 0 fully saturated rings. The monoisotopic (exact) mass is 387 g/mol. The van der Waals surface area contributed by atoms with Crippen molar-refractivity contribution >= 4 is 50.7 Å². The van der Waals surface area contributed by atoms with Crippen LogP contribution >= 0.6 is 39.1 Å². The standard InChI is InChI=1S/C15H12BrCl2NO2/c1-8-3-6-12(17)14(13(8)18)19-15(20)10-7-9(21-2)4-5-11(10)16/h3-7H,1-2H3,(H,19,20). The van der Waals surface area contributed by atoms with Crippen LogP contribution in [0.25, 0.3) is 0 Å². The van der Waals surface area contributed by atoms with Crippen molar-refractivity contribution < 1.29 is 9.53 Å². The number of nitrogens with one attached hydrogen (secondary N) is 1. The molecule has 3 nitrogen and oxygen atoms in total. The largest absolute Gasteiger partial charge is 0.497 e. The second kappa shape index (κ2) is 6.69. The molecule has 0 aliphatic carbocycles. The van der Waals surface area contributed by atoms with Gasteiger partial charge in [0, 0.05) is 4.47 Å². The van der Waals surface area contributed by atoms with E-state index in [1.54, 1.807) is 37.4 Å². The molecule has 0 saturated heterocycles. The van der Waals surface area contributed by atoms with Crippen LogP contribution < -0.4 is 10.1 Å². The Morgan fingerprint density at radius 1 is 1.24 bits per heavy atom. The number of aryl methyl sites for hydroxylation is 1. The van der Waals surface area contributed by atoms with E-state index >= 15 is 0 Å². The third-order valence-corrected chi connectivity index (χ3v) is 4.43. The number of benzene rings is 2. The van der Waals surface area contributed by atoms with E-state index in [2.05, 4.69) is 21.2 Å². The maximum absolute atomic E-state index is 12.4. The normalized spacial score (nSPS) is 10.3. The van der Waals surface area contributed by atoms with Crippen molar-refractivity contribution in [2.24, 2.45) is 0 Å². The first-order valence-electron chi connectivity index (χ1n) is 6.03. The molecule has 0 heterocycles. The van der Waals surface area contributed by atoms with Crippen LogP contribution in [-0.4, -0.2) is 13.0 Å². The molecule has 2 rings (SSSR count). The maximum atomic E-state index is 12.4. The van der Waals surface area contributed by atoms with Gasteiger partial charge in [-0.15, -0.1) is 0 Å². The Morgan fingerprint density at radius 3 is 2.62 bits per heavy atom. The predicted octanol–water partition coefficient (Wildman–Crippen LogP) is 5.33. The first-order chi connectivity index (χ1) is 9.93. The number of carbonyl (C=O) groups is 1. The van der Waals surface area contributed by atoms with E-state index in [-0.39, 0.29) is 5.91 Å².